The number of anilines is 3. The molecule has 2 heterocycles. The molecule has 2 aromatic heterocycles. The molecular formula is C49H34N4O. The van der Waals surface area contributed by atoms with Crippen molar-refractivity contribution in [3.05, 3.63) is 188 Å². The lowest BCUT2D eigenvalue weighted by Crippen LogP contribution is -2.10. The van der Waals surface area contributed by atoms with Gasteiger partial charge in [-0.15, -0.1) is 0 Å². The highest BCUT2D eigenvalue weighted by atomic mass is 16.3. The van der Waals surface area contributed by atoms with Crippen molar-refractivity contribution in [2.45, 2.75) is 12.8 Å². The number of nitrogens with zero attached hydrogens (tertiary/aromatic N) is 4. The maximum absolute atomic E-state index is 6.81. The van der Waals surface area contributed by atoms with Crippen molar-refractivity contribution in [3.8, 4) is 33.9 Å². The Labute approximate surface area is 313 Å². The van der Waals surface area contributed by atoms with Crippen LogP contribution in [0.25, 0.3) is 72.2 Å². The summed E-state index contributed by atoms with van der Waals surface area (Å²) in [6.45, 7) is 0. The molecule has 0 atom stereocenters. The third kappa shape index (κ3) is 5.73. The van der Waals surface area contributed by atoms with E-state index in [-0.39, 0.29) is 0 Å². The summed E-state index contributed by atoms with van der Waals surface area (Å²) >= 11 is 0. The summed E-state index contributed by atoms with van der Waals surface area (Å²) < 4.78 is 6.81. The normalized spacial score (nSPS) is 12.7. The van der Waals surface area contributed by atoms with E-state index >= 15 is 0 Å². The Morgan fingerprint density at radius 2 is 1.19 bits per heavy atom. The molecule has 1 aliphatic carbocycles. The number of benzene rings is 7. The smallest absolute Gasteiger partial charge is 0.167 e. The molecule has 0 N–H and O–H groups in total. The molecule has 256 valence electrons. The molecule has 0 aliphatic heterocycles. The van der Waals surface area contributed by atoms with Gasteiger partial charge in [0.1, 0.15) is 11.2 Å². The van der Waals surface area contributed by atoms with Gasteiger partial charge in [-0.2, -0.15) is 0 Å². The van der Waals surface area contributed by atoms with Gasteiger partial charge in [-0.1, -0.05) is 133 Å². The van der Waals surface area contributed by atoms with Crippen LogP contribution in [0.1, 0.15) is 18.7 Å². The molecule has 1 aliphatic rings. The molecule has 0 saturated heterocycles. The van der Waals surface area contributed by atoms with Crippen molar-refractivity contribution in [1.29, 1.82) is 0 Å². The minimum Gasteiger partial charge on any atom is -0.455 e. The van der Waals surface area contributed by atoms with Gasteiger partial charge in [0, 0.05) is 22.3 Å². The predicted octanol–water partition coefficient (Wildman–Crippen LogP) is 13.1. The van der Waals surface area contributed by atoms with E-state index in [0.717, 1.165) is 79.5 Å². The first-order valence-corrected chi connectivity index (χ1v) is 18.3. The van der Waals surface area contributed by atoms with E-state index < -0.39 is 0 Å². The van der Waals surface area contributed by atoms with Gasteiger partial charge in [-0.3, -0.25) is 0 Å². The van der Waals surface area contributed by atoms with Crippen LogP contribution in [0.15, 0.2) is 186 Å². The third-order valence-electron chi connectivity index (χ3n) is 10.2. The fraction of sp³-hybridized carbons (Fsp3) is 0.0408. The highest BCUT2D eigenvalue weighted by Crippen LogP contribution is 2.46. The lowest BCUT2D eigenvalue weighted by Gasteiger charge is -2.26. The van der Waals surface area contributed by atoms with Gasteiger partial charge in [-0.25, -0.2) is 15.0 Å². The highest BCUT2D eigenvalue weighted by Gasteiger charge is 2.24. The van der Waals surface area contributed by atoms with Crippen LogP contribution in [0.4, 0.5) is 17.1 Å². The van der Waals surface area contributed by atoms with Gasteiger partial charge in [0.25, 0.3) is 0 Å². The monoisotopic (exact) mass is 694 g/mol. The van der Waals surface area contributed by atoms with Gasteiger partial charge >= 0.3 is 0 Å². The fourth-order valence-corrected chi connectivity index (χ4v) is 7.50. The molecule has 0 radical (unpaired) electrons. The maximum Gasteiger partial charge on any atom is 0.167 e. The number of furan rings is 1. The summed E-state index contributed by atoms with van der Waals surface area (Å²) in [6, 6.07) is 57.0. The third-order valence-corrected chi connectivity index (χ3v) is 10.2. The molecule has 0 fully saturated rings. The van der Waals surface area contributed by atoms with Crippen LogP contribution in [0.2, 0.25) is 0 Å². The molecule has 0 spiro atoms. The van der Waals surface area contributed by atoms with Crippen LogP contribution in [-0.4, -0.2) is 15.0 Å². The van der Waals surface area contributed by atoms with E-state index in [1.807, 2.05) is 18.2 Å². The Bertz CT molecular complexity index is 2870. The zero-order chi connectivity index (χ0) is 35.8. The topological polar surface area (TPSA) is 55.1 Å². The van der Waals surface area contributed by atoms with Crippen LogP contribution in [-0.2, 0) is 0 Å². The number of allylic oxidation sites excluding steroid dienone is 4. The average molecular weight is 695 g/mol. The van der Waals surface area contributed by atoms with Gasteiger partial charge < -0.3 is 9.32 Å². The molecule has 10 rings (SSSR count). The Morgan fingerprint density at radius 1 is 0.519 bits per heavy atom. The van der Waals surface area contributed by atoms with Crippen molar-refractivity contribution >= 4 is 55.3 Å². The SMILES string of the molecule is C1=CCCC(c2nc(-c3ccc4ccccc4c3)nc(-c3ccc(N(c4ccccc4)c4ccc(-c5ccccc5)cc4)c4c3oc3ccccc34)n2)=C1. The standard InChI is InChI=1S/C49H34N4O/c1-4-14-33(15-5-1)35-26-28-40(29-27-35)53(39-20-8-3-9-21-39)43-31-30-42(46-45(43)41-22-12-13-23-44(41)54-46)49-51-47(36-17-6-2-7-18-36)50-48(52-49)38-25-24-34-16-10-11-19-37(34)32-38/h1-6,8-17,19-32H,7,18H2. The number of hydrogen-bond donors (Lipinski definition) is 0. The molecule has 5 heteroatoms. The molecule has 0 amide bonds. The number of hydrogen-bond acceptors (Lipinski definition) is 5. The molecule has 54 heavy (non-hydrogen) atoms. The second kappa shape index (κ2) is 13.5. The Balaban J connectivity index is 1.19. The Kier molecular flexibility index (Phi) is 7.88. The molecule has 0 unspecified atom stereocenters. The minimum absolute atomic E-state index is 0.577. The van der Waals surface area contributed by atoms with Crippen molar-refractivity contribution in [2.75, 3.05) is 4.90 Å². The first-order chi connectivity index (χ1) is 26.8. The lowest BCUT2D eigenvalue weighted by atomic mass is 10.0. The van der Waals surface area contributed by atoms with Crippen molar-refractivity contribution in [2.24, 2.45) is 0 Å². The first kappa shape index (κ1) is 31.6. The van der Waals surface area contributed by atoms with Crippen LogP contribution in [0.3, 0.4) is 0 Å². The molecule has 7 aromatic carbocycles. The molecule has 0 bridgehead atoms. The number of para-hydroxylation sites is 2. The van der Waals surface area contributed by atoms with E-state index in [0.29, 0.717) is 17.5 Å². The summed E-state index contributed by atoms with van der Waals surface area (Å²) in [7, 11) is 0. The van der Waals surface area contributed by atoms with Crippen LogP contribution in [0.5, 0.6) is 0 Å². The second-order valence-corrected chi connectivity index (χ2v) is 13.5. The van der Waals surface area contributed by atoms with E-state index in [1.54, 1.807) is 0 Å². The Morgan fingerprint density at radius 3 is 2.00 bits per heavy atom. The Hall–Kier alpha value is -7.11. The fourth-order valence-electron chi connectivity index (χ4n) is 7.50. The van der Waals surface area contributed by atoms with Gasteiger partial charge in [0.15, 0.2) is 17.5 Å². The minimum atomic E-state index is 0.577. The summed E-state index contributed by atoms with van der Waals surface area (Å²) in [6.07, 6.45) is 8.20. The number of fused-ring (bicyclic) bond motifs is 4. The van der Waals surface area contributed by atoms with E-state index in [4.69, 9.17) is 19.4 Å². The highest BCUT2D eigenvalue weighted by molar-refractivity contribution is 6.16. The summed E-state index contributed by atoms with van der Waals surface area (Å²) in [4.78, 5) is 17.7. The quantitative estimate of drug-likeness (QED) is 0.166. The number of rotatable bonds is 7. The van der Waals surface area contributed by atoms with Crippen LogP contribution >= 0.6 is 0 Å². The van der Waals surface area contributed by atoms with E-state index in [2.05, 4.69) is 169 Å². The summed E-state index contributed by atoms with van der Waals surface area (Å²) in [5.74, 6) is 1.90. The summed E-state index contributed by atoms with van der Waals surface area (Å²) in [5, 5.41) is 4.33. The van der Waals surface area contributed by atoms with Crippen LogP contribution < -0.4 is 4.90 Å². The van der Waals surface area contributed by atoms with Gasteiger partial charge in [-0.05, 0) is 88.8 Å². The van der Waals surface area contributed by atoms with Crippen molar-refractivity contribution < 1.29 is 4.42 Å². The zero-order valence-electron chi connectivity index (χ0n) is 29.4. The maximum atomic E-state index is 6.81. The molecular weight excluding hydrogens is 661 g/mol. The predicted molar refractivity (Wildman–Crippen MR) is 222 cm³/mol. The average Bonchev–Trinajstić information content (AvgIpc) is 3.65. The number of aromatic nitrogens is 3. The zero-order valence-corrected chi connectivity index (χ0v) is 29.4. The summed E-state index contributed by atoms with van der Waals surface area (Å²) in [5.41, 5.74) is 9.82. The molecule has 9 aromatic rings. The van der Waals surface area contributed by atoms with E-state index in [1.165, 1.54) is 10.9 Å². The van der Waals surface area contributed by atoms with Crippen LogP contribution in [0, 0.1) is 0 Å². The lowest BCUT2D eigenvalue weighted by molar-refractivity contribution is 0.669. The molecule has 5 nitrogen and oxygen atoms in total. The van der Waals surface area contributed by atoms with Gasteiger partial charge in [0.2, 0.25) is 0 Å². The molecule has 0 saturated carbocycles. The van der Waals surface area contributed by atoms with Crippen molar-refractivity contribution in [1.82, 2.24) is 15.0 Å². The van der Waals surface area contributed by atoms with Crippen molar-refractivity contribution in [3.63, 3.8) is 0 Å². The first-order valence-electron chi connectivity index (χ1n) is 18.3. The van der Waals surface area contributed by atoms with E-state index in [9.17, 15) is 0 Å². The second-order valence-electron chi connectivity index (χ2n) is 13.5. The largest absolute Gasteiger partial charge is 0.455 e. The van der Waals surface area contributed by atoms with Gasteiger partial charge in [0.05, 0.1) is 16.6 Å².